The summed E-state index contributed by atoms with van der Waals surface area (Å²) in [6.45, 7) is 3.65. The molecule has 2 rings (SSSR count). The smallest absolute Gasteiger partial charge is 0.225 e. The molecule has 2 N–H and O–H groups in total. The van der Waals surface area contributed by atoms with Crippen LogP contribution in [0.25, 0.3) is 0 Å². The van der Waals surface area contributed by atoms with Crippen molar-refractivity contribution < 1.29 is 14.7 Å². The van der Waals surface area contributed by atoms with Crippen molar-refractivity contribution in [1.82, 2.24) is 10.2 Å². The van der Waals surface area contributed by atoms with Gasteiger partial charge in [0.25, 0.3) is 0 Å². The van der Waals surface area contributed by atoms with E-state index in [0.717, 1.165) is 51.5 Å². The number of amides is 2. The SMILES string of the molecule is CCCC(=O)N1CCCC(C(=O)NCC2(O)CCCCC2)C1. The van der Waals surface area contributed by atoms with Gasteiger partial charge in [-0.1, -0.05) is 26.2 Å². The number of piperidine rings is 1. The first-order valence-electron chi connectivity index (χ1n) is 8.82. The molecule has 1 saturated carbocycles. The predicted molar refractivity (Wildman–Crippen MR) is 85.3 cm³/mol. The van der Waals surface area contributed by atoms with E-state index < -0.39 is 5.60 Å². The Bertz CT molecular complexity index is 391. The number of nitrogens with one attached hydrogen (secondary N) is 1. The molecule has 2 aliphatic rings. The normalized spacial score (nSPS) is 24.8. The van der Waals surface area contributed by atoms with E-state index in [9.17, 15) is 14.7 Å². The number of rotatable bonds is 5. The molecule has 1 saturated heterocycles. The Labute approximate surface area is 133 Å². The number of likely N-dealkylation sites (tertiary alicyclic amines) is 1. The summed E-state index contributed by atoms with van der Waals surface area (Å²) in [7, 11) is 0. The van der Waals surface area contributed by atoms with Crippen molar-refractivity contribution >= 4 is 11.8 Å². The minimum Gasteiger partial charge on any atom is -0.388 e. The van der Waals surface area contributed by atoms with E-state index in [1.165, 1.54) is 6.42 Å². The lowest BCUT2D eigenvalue weighted by Crippen LogP contribution is -2.49. The Morgan fingerprint density at radius 2 is 1.95 bits per heavy atom. The highest BCUT2D eigenvalue weighted by Crippen LogP contribution is 2.27. The molecule has 5 nitrogen and oxygen atoms in total. The molecule has 5 heteroatoms. The first kappa shape index (κ1) is 17.3. The first-order chi connectivity index (χ1) is 10.5. The zero-order valence-corrected chi connectivity index (χ0v) is 13.8. The van der Waals surface area contributed by atoms with Crippen LogP contribution in [-0.4, -0.2) is 47.1 Å². The summed E-state index contributed by atoms with van der Waals surface area (Å²) >= 11 is 0. The molecule has 0 bridgehead atoms. The van der Waals surface area contributed by atoms with Gasteiger partial charge < -0.3 is 15.3 Å². The fraction of sp³-hybridized carbons (Fsp3) is 0.882. The molecule has 0 aromatic carbocycles. The molecule has 22 heavy (non-hydrogen) atoms. The second kappa shape index (κ2) is 7.95. The number of carbonyl (C=O) groups excluding carboxylic acids is 2. The summed E-state index contributed by atoms with van der Waals surface area (Å²) in [6, 6.07) is 0. The number of hydrogen-bond donors (Lipinski definition) is 2. The summed E-state index contributed by atoms with van der Waals surface area (Å²) < 4.78 is 0. The van der Waals surface area contributed by atoms with Crippen LogP contribution in [0.3, 0.4) is 0 Å². The fourth-order valence-electron chi connectivity index (χ4n) is 3.57. The molecular weight excluding hydrogens is 280 g/mol. The fourth-order valence-corrected chi connectivity index (χ4v) is 3.57. The molecule has 1 atom stereocenters. The van der Waals surface area contributed by atoms with Crippen molar-refractivity contribution in [2.45, 2.75) is 70.3 Å². The molecule has 2 fully saturated rings. The summed E-state index contributed by atoms with van der Waals surface area (Å²) in [5.41, 5.74) is -0.722. The van der Waals surface area contributed by atoms with Gasteiger partial charge in [0.05, 0.1) is 11.5 Å². The lowest BCUT2D eigenvalue weighted by molar-refractivity contribution is -0.136. The number of aliphatic hydroxyl groups is 1. The minimum atomic E-state index is -0.722. The second-order valence-corrected chi connectivity index (χ2v) is 6.93. The quantitative estimate of drug-likeness (QED) is 0.814. The summed E-state index contributed by atoms with van der Waals surface area (Å²) in [5.74, 6) is 0.0284. The van der Waals surface area contributed by atoms with E-state index in [2.05, 4.69) is 5.32 Å². The molecule has 1 heterocycles. The van der Waals surface area contributed by atoms with Gasteiger partial charge in [-0.2, -0.15) is 0 Å². The molecule has 126 valence electrons. The molecule has 2 amide bonds. The molecule has 1 aliphatic heterocycles. The van der Waals surface area contributed by atoms with Gasteiger partial charge in [0.1, 0.15) is 0 Å². The minimum absolute atomic E-state index is 0.00648. The third kappa shape index (κ3) is 4.70. The molecule has 0 aromatic heterocycles. The average molecular weight is 310 g/mol. The lowest BCUT2D eigenvalue weighted by Gasteiger charge is -2.35. The van der Waals surface area contributed by atoms with Crippen LogP contribution in [0.15, 0.2) is 0 Å². The Morgan fingerprint density at radius 3 is 2.64 bits per heavy atom. The van der Waals surface area contributed by atoms with Crippen molar-refractivity contribution in [3.63, 3.8) is 0 Å². The van der Waals surface area contributed by atoms with E-state index in [1.54, 1.807) is 0 Å². The van der Waals surface area contributed by atoms with Gasteiger partial charge in [-0.3, -0.25) is 9.59 Å². The van der Waals surface area contributed by atoms with E-state index in [0.29, 0.717) is 19.5 Å². The van der Waals surface area contributed by atoms with Crippen LogP contribution in [0.1, 0.15) is 64.7 Å². The third-order valence-electron chi connectivity index (χ3n) is 4.98. The number of carbonyl (C=O) groups is 2. The van der Waals surface area contributed by atoms with E-state index >= 15 is 0 Å². The second-order valence-electron chi connectivity index (χ2n) is 6.93. The molecular formula is C17H30N2O3. The average Bonchev–Trinajstić information content (AvgIpc) is 2.54. The molecule has 0 aromatic rings. The third-order valence-corrected chi connectivity index (χ3v) is 4.98. The van der Waals surface area contributed by atoms with Crippen molar-refractivity contribution in [1.29, 1.82) is 0 Å². The Kier molecular flexibility index (Phi) is 6.24. The van der Waals surface area contributed by atoms with Gasteiger partial charge in [-0.25, -0.2) is 0 Å². The molecule has 1 unspecified atom stereocenters. The zero-order chi connectivity index (χ0) is 16.0. The first-order valence-corrected chi connectivity index (χ1v) is 8.82. The van der Waals surface area contributed by atoms with Gasteiger partial charge >= 0.3 is 0 Å². The summed E-state index contributed by atoms with van der Waals surface area (Å²) in [4.78, 5) is 26.2. The van der Waals surface area contributed by atoms with Crippen molar-refractivity contribution in [2.75, 3.05) is 19.6 Å². The molecule has 1 aliphatic carbocycles. The van der Waals surface area contributed by atoms with Crippen LogP contribution in [0.5, 0.6) is 0 Å². The lowest BCUT2D eigenvalue weighted by atomic mass is 9.84. The highest BCUT2D eigenvalue weighted by Gasteiger charge is 2.32. The van der Waals surface area contributed by atoms with Gasteiger partial charge in [-0.15, -0.1) is 0 Å². The van der Waals surface area contributed by atoms with E-state index in [-0.39, 0.29) is 17.7 Å². The number of nitrogens with zero attached hydrogens (tertiary/aromatic N) is 1. The largest absolute Gasteiger partial charge is 0.388 e. The summed E-state index contributed by atoms with van der Waals surface area (Å²) in [6.07, 6.45) is 7.93. The van der Waals surface area contributed by atoms with Crippen LogP contribution in [0.4, 0.5) is 0 Å². The van der Waals surface area contributed by atoms with Gasteiger partial charge in [0, 0.05) is 26.1 Å². The maximum absolute atomic E-state index is 12.3. The van der Waals surface area contributed by atoms with Crippen LogP contribution in [0, 0.1) is 5.92 Å². The zero-order valence-electron chi connectivity index (χ0n) is 13.8. The van der Waals surface area contributed by atoms with Crippen LogP contribution in [-0.2, 0) is 9.59 Å². The number of hydrogen-bond acceptors (Lipinski definition) is 3. The maximum atomic E-state index is 12.3. The van der Waals surface area contributed by atoms with E-state index in [1.807, 2.05) is 11.8 Å². The van der Waals surface area contributed by atoms with Crippen molar-refractivity contribution in [3.8, 4) is 0 Å². The van der Waals surface area contributed by atoms with Crippen LogP contribution >= 0.6 is 0 Å². The topological polar surface area (TPSA) is 69.6 Å². The summed E-state index contributed by atoms with van der Waals surface area (Å²) in [5, 5.41) is 13.4. The monoisotopic (exact) mass is 310 g/mol. The highest BCUT2D eigenvalue weighted by atomic mass is 16.3. The standard InChI is InChI=1S/C17H30N2O3/c1-2-7-15(20)19-11-6-8-14(12-19)16(21)18-13-17(22)9-4-3-5-10-17/h14,22H,2-13H2,1H3,(H,18,21). The van der Waals surface area contributed by atoms with Gasteiger partial charge in [0.2, 0.25) is 11.8 Å². The Balaban J connectivity index is 1.80. The molecule has 0 radical (unpaired) electrons. The van der Waals surface area contributed by atoms with Gasteiger partial charge in [-0.05, 0) is 32.1 Å². The molecule has 0 spiro atoms. The highest BCUT2D eigenvalue weighted by molar-refractivity contribution is 5.81. The van der Waals surface area contributed by atoms with Gasteiger partial charge in [0.15, 0.2) is 0 Å². The van der Waals surface area contributed by atoms with Crippen molar-refractivity contribution in [3.05, 3.63) is 0 Å². The van der Waals surface area contributed by atoms with Crippen LogP contribution < -0.4 is 5.32 Å². The van der Waals surface area contributed by atoms with E-state index in [4.69, 9.17) is 0 Å². The van der Waals surface area contributed by atoms with Crippen molar-refractivity contribution in [2.24, 2.45) is 5.92 Å². The predicted octanol–water partition coefficient (Wildman–Crippen LogP) is 1.84. The maximum Gasteiger partial charge on any atom is 0.225 e. The Morgan fingerprint density at radius 1 is 1.23 bits per heavy atom. The Hall–Kier alpha value is -1.10. The van der Waals surface area contributed by atoms with Crippen LogP contribution in [0.2, 0.25) is 0 Å².